The fourth-order valence-corrected chi connectivity index (χ4v) is 2.90. The van der Waals surface area contributed by atoms with Gasteiger partial charge in [-0.15, -0.1) is 0 Å². The molecule has 0 aromatic heterocycles. The van der Waals surface area contributed by atoms with Crippen LogP contribution in [-0.2, 0) is 20.9 Å². The topological polar surface area (TPSA) is 103 Å². The molecular weight excluding hydrogens is 346 g/mol. The van der Waals surface area contributed by atoms with Crippen molar-refractivity contribution in [1.82, 2.24) is 5.32 Å². The van der Waals surface area contributed by atoms with E-state index >= 15 is 0 Å². The van der Waals surface area contributed by atoms with E-state index < -0.39 is 17.7 Å². The average molecular weight is 377 g/mol. The minimum absolute atomic E-state index is 0.0984. The molecule has 7 nitrogen and oxygen atoms in total. The zero-order chi connectivity index (χ0) is 20.0. The summed E-state index contributed by atoms with van der Waals surface area (Å²) in [5.74, 6) is -0.322. The molecule has 0 saturated heterocycles. The maximum Gasteiger partial charge on any atom is 0.408 e. The Morgan fingerprint density at radius 3 is 2.67 bits per heavy atom. The van der Waals surface area contributed by atoms with Gasteiger partial charge in [-0.05, 0) is 64.7 Å². The van der Waals surface area contributed by atoms with Crippen LogP contribution in [0.4, 0.5) is 10.5 Å². The quantitative estimate of drug-likeness (QED) is 0.707. The summed E-state index contributed by atoms with van der Waals surface area (Å²) in [5.41, 5.74) is 7.01. The van der Waals surface area contributed by atoms with Gasteiger partial charge in [0.1, 0.15) is 11.6 Å². The number of ether oxygens (including phenoxy) is 2. The fourth-order valence-electron chi connectivity index (χ4n) is 2.90. The molecule has 0 aliphatic heterocycles. The summed E-state index contributed by atoms with van der Waals surface area (Å²) in [6.45, 7) is 7.36. The molecule has 1 saturated carbocycles. The second kappa shape index (κ2) is 9.19. The molecular formula is C20H31N3O4. The maximum absolute atomic E-state index is 12.3. The number of carbonyl (C=O) groups excluding carboxylic acids is 2. The van der Waals surface area contributed by atoms with Crippen molar-refractivity contribution in [1.29, 1.82) is 0 Å². The van der Waals surface area contributed by atoms with Crippen molar-refractivity contribution in [2.75, 3.05) is 5.32 Å². The highest BCUT2D eigenvalue weighted by Crippen LogP contribution is 2.22. The van der Waals surface area contributed by atoms with Crippen LogP contribution in [0.15, 0.2) is 24.3 Å². The number of hydrogen-bond donors (Lipinski definition) is 3. The monoisotopic (exact) mass is 377 g/mol. The number of alkyl carbamates (subject to hydrolysis) is 1. The second-order valence-corrected chi connectivity index (χ2v) is 8.00. The first-order valence-electron chi connectivity index (χ1n) is 9.40. The summed E-state index contributed by atoms with van der Waals surface area (Å²) < 4.78 is 11.1. The van der Waals surface area contributed by atoms with Gasteiger partial charge in [-0.1, -0.05) is 12.1 Å². The van der Waals surface area contributed by atoms with Crippen LogP contribution in [0.5, 0.6) is 0 Å². The van der Waals surface area contributed by atoms with Gasteiger partial charge in [0.2, 0.25) is 5.91 Å². The SMILES string of the molecule is C[C@H](NC(=O)OC(C)(C)C)C(=O)Nc1cccc(CO[C@H]2CCC[C@@H]2N)c1. The molecule has 27 heavy (non-hydrogen) atoms. The van der Waals surface area contributed by atoms with Gasteiger partial charge in [0.25, 0.3) is 0 Å². The van der Waals surface area contributed by atoms with E-state index in [4.69, 9.17) is 15.2 Å². The molecule has 0 radical (unpaired) electrons. The third-order valence-electron chi connectivity index (χ3n) is 4.29. The minimum atomic E-state index is -0.726. The molecule has 3 atom stereocenters. The van der Waals surface area contributed by atoms with Crippen LogP contribution in [0, 0.1) is 0 Å². The lowest BCUT2D eigenvalue weighted by Crippen LogP contribution is -2.43. The molecule has 2 rings (SSSR count). The van der Waals surface area contributed by atoms with E-state index in [0.717, 1.165) is 24.8 Å². The van der Waals surface area contributed by atoms with E-state index in [1.165, 1.54) is 0 Å². The van der Waals surface area contributed by atoms with Crippen molar-refractivity contribution in [3.8, 4) is 0 Å². The average Bonchev–Trinajstić information content (AvgIpc) is 2.96. The number of hydrogen-bond acceptors (Lipinski definition) is 5. The highest BCUT2D eigenvalue weighted by molar-refractivity contribution is 5.96. The first kappa shape index (κ1) is 21.2. The van der Waals surface area contributed by atoms with Crippen LogP contribution in [0.3, 0.4) is 0 Å². The lowest BCUT2D eigenvalue weighted by Gasteiger charge is -2.21. The molecule has 4 N–H and O–H groups in total. The number of benzene rings is 1. The van der Waals surface area contributed by atoms with E-state index in [1.54, 1.807) is 33.8 Å². The van der Waals surface area contributed by atoms with Crippen LogP contribution < -0.4 is 16.4 Å². The van der Waals surface area contributed by atoms with Crippen LogP contribution >= 0.6 is 0 Å². The summed E-state index contributed by atoms with van der Waals surface area (Å²) in [5, 5.41) is 5.32. The number of nitrogens with two attached hydrogens (primary N) is 1. The lowest BCUT2D eigenvalue weighted by atomic mass is 10.2. The maximum atomic E-state index is 12.3. The minimum Gasteiger partial charge on any atom is -0.444 e. The zero-order valence-corrected chi connectivity index (χ0v) is 16.6. The molecule has 0 unspecified atom stereocenters. The molecule has 1 aliphatic carbocycles. The van der Waals surface area contributed by atoms with Crippen molar-refractivity contribution in [3.05, 3.63) is 29.8 Å². The lowest BCUT2D eigenvalue weighted by molar-refractivity contribution is -0.117. The molecule has 0 bridgehead atoms. The second-order valence-electron chi connectivity index (χ2n) is 8.00. The number of nitrogens with one attached hydrogen (secondary N) is 2. The smallest absolute Gasteiger partial charge is 0.408 e. The Labute approximate surface area is 161 Å². The van der Waals surface area contributed by atoms with E-state index in [2.05, 4.69) is 10.6 Å². The molecule has 7 heteroatoms. The molecule has 0 spiro atoms. The van der Waals surface area contributed by atoms with Gasteiger partial charge < -0.3 is 25.8 Å². The van der Waals surface area contributed by atoms with E-state index in [0.29, 0.717) is 12.3 Å². The van der Waals surface area contributed by atoms with Crippen molar-refractivity contribution >= 4 is 17.7 Å². The Hall–Kier alpha value is -2.12. The van der Waals surface area contributed by atoms with E-state index in [9.17, 15) is 9.59 Å². The molecule has 150 valence electrons. The molecule has 1 aromatic carbocycles. The van der Waals surface area contributed by atoms with E-state index in [-0.39, 0.29) is 18.1 Å². The highest BCUT2D eigenvalue weighted by atomic mass is 16.6. The molecule has 1 aliphatic rings. The zero-order valence-electron chi connectivity index (χ0n) is 16.6. The van der Waals surface area contributed by atoms with Crippen LogP contribution in [0.25, 0.3) is 0 Å². The Morgan fingerprint density at radius 1 is 1.30 bits per heavy atom. The predicted octanol–water partition coefficient (Wildman–Crippen LogP) is 2.93. The third-order valence-corrected chi connectivity index (χ3v) is 4.29. The summed E-state index contributed by atoms with van der Waals surface area (Å²) in [7, 11) is 0. The van der Waals surface area contributed by atoms with Gasteiger partial charge in [0.15, 0.2) is 0 Å². The van der Waals surface area contributed by atoms with E-state index in [1.807, 2.05) is 18.2 Å². The van der Waals surface area contributed by atoms with Gasteiger partial charge >= 0.3 is 6.09 Å². The fraction of sp³-hybridized carbons (Fsp3) is 0.600. The van der Waals surface area contributed by atoms with Gasteiger partial charge in [-0.25, -0.2) is 4.79 Å². The molecule has 1 aromatic rings. The first-order chi connectivity index (χ1) is 12.6. The number of anilines is 1. The van der Waals surface area contributed by atoms with Crippen LogP contribution in [0.2, 0.25) is 0 Å². The molecule has 0 heterocycles. The Kier molecular flexibility index (Phi) is 7.21. The summed E-state index contributed by atoms with van der Waals surface area (Å²) in [4.78, 5) is 24.1. The van der Waals surface area contributed by atoms with Gasteiger partial charge in [-0.3, -0.25) is 4.79 Å². The number of carbonyl (C=O) groups is 2. The Balaban J connectivity index is 1.85. The normalized spacial score (nSPS) is 20.8. The van der Waals surface area contributed by atoms with Crippen molar-refractivity contribution < 1.29 is 19.1 Å². The third kappa shape index (κ3) is 7.19. The van der Waals surface area contributed by atoms with Gasteiger partial charge in [0.05, 0.1) is 12.7 Å². The largest absolute Gasteiger partial charge is 0.444 e. The van der Waals surface area contributed by atoms with Crippen LogP contribution in [-0.4, -0.2) is 35.8 Å². The predicted molar refractivity (Wildman–Crippen MR) is 104 cm³/mol. The van der Waals surface area contributed by atoms with Crippen molar-refractivity contribution in [2.24, 2.45) is 5.73 Å². The summed E-state index contributed by atoms with van der Waals surface area (Å²) >= 11 is 0. The van der Waals surface area contributed by atoms with Gasteiger partial charge in [-0.2, -0.15) is 0 Å². The standard InChI is InChI=1S/C20H31N3O4/c1-13(22-19(25)27-20(2,3)4)18(24)23-15-8-5-7-14(11-15)12-26-17-10-6-9-16(17)21/h5,7-8,11,13,16-17H,6,9-10,12,21H2,1-4H3,(H,22,25)(H,23,24)/t13-,16-,17-/m0/s1. The summed E-state index contributed by atoms with van der Waals surface area (Å²) in [6.07, 6.45) is 2.57. The first-order valence-corrected chi connectivity index (χ1v) is 9.40. The molecule has 2 amide bonds. The summed E-state index contributed by atoms with van der Waals surface area (Å²) in [6, 6.07) is 6.83. The Bertz CT molecular complexity index is 657. The van der Waals surface area contributed by atoms with Crippen molar-refractivity contribution in [3.63, 3.8) is 0 Å². The number of rotatable bonds is 6. The van der Waals surface area contributed by atoms with Crippen molar-refractivity contribution in [2.45, 2.75) is 77.4 Å². The number of amides is 2. The highest BCUT2D eigenvalue weighted by Gasteiger charge is 2.24. The van der Waals surface area contributed by atoms with Crippen LogP contribution in [0.1, 0.15) is 52.5 Å². The van der Waals surface area contributed by atoms with Gasteiger partial charge in [0, 0.05) is 11.7 Å². The molecule has 1 fully saturated rings. The Morgan fingerprint density at radius 2 is 2.04 bits per heavy atom.